The molecule has 44 heavy (non-hydrogen) atoms. The number of aryl methyl sites for hydroxylation is 1. The van der Waals surface area contributed by atoms with E-state index in [-0.39, 0.29) is 30.6 Å². The first-order chi connectivity index (χ1) is 20.8. The summed E-state index contributed by atoms with van der Waals surface area (Å²) in [7, 11) is 1.33. The number of amides is 1. The van der Waals surface area contributed by atoms with E-state index in [1.807, 2.05) is 52.0 Å². The highest BCUT2D eigenvalue weighted by Gasteiger charge is 2.60. The summed E-state index contributed by atoms with van der Waals surface area (Å²) in [5.41, 5.74) is 0.341. The van der Waals surface area contributed by atoms with Crippen LogP contribution in [0.4, 0.5) is 13.2 Å². The van der Waals surface area contributed by atoms with Crippen LogP contribution in [0.15, 0.2) is 36.5 Å². The highest BCUT2D eigenvalue weighted by molar-refractivity contribution is 5.89. The predicted octanol–water partition coefficient (Wildman–Crippen LogP) is 6.30. The molecule has 0 radical (unpaired) electrons. The zero-order valence-corrected chi connectivity index (χ0v) is 26.3. The minimum absolute atomic E-state index is 0.000653. The number of halogens is 3. The first kappa shape index (κ1) is 33.7. The largest absolute Gasteiger partial charge is 0.481 e. The van der Waals surface area contributed by atoms with Crippen LogP contribution < -0.4 is 4.74 Å². The van der Waals surface area contributed by atoms with Crippen molar-refractivity contribution < 1.29 is 41.7 Å². The molecule has 2 aromatic rings. The van der Waals surface area contributed by atoms with Gasteiger partial charge in [0.25, 0.3) is 5.91 Å². The number of nitrogens with zero attached hydrogens (tertiary/aromatic N) is 2. The minimum atomic E-state index is -4.61. The number of likely N-dealkylation sites (tertiary alicyclic amines) is 1. The molecule has 11 heteroatoms. The molecular formula is C33H43F3N2O6. The molecule has 2 aliphatic heterocycles. The van der Waals surface area contributed by atoms with Crippen molar-refractivity contribution in [3.63, 3.8) is 0 Å². The Morgan fingerprint density at radius 3 is 2.41 bits per heavy atom. The van der Waals surface area contributed by atoms with Gasteiger partial charge in [-0.3, -0.25) is 4.79 Å². The second-order valence-corrected chi connectivity index (χ2v) is 12.4. The van der Waals surface area contributed by atoms with Gasteiger partial charge in [-0.2, -0.15) is 13.2 Å². The maximum Gasteiger partial charge on any atom is 0.417 e. The number of carbonyl (C=O) groups is 2. The Hall–Kier alpha value is -3.18. The van der Waals surface area contributed by atoms with E-state index < -0.39 is 53.3 Å². The number of alkyl halides is 3. The molecule has 0 spiro atoms. The van der Waals surface area contributed by atoms with Crippen LogP contribution in [0.1, 0.15) is 82.2 Å². The van der Waals surface area contributed by atoms with Gasteiger partial charge < -0.3 is 23.8 Å². The van der Waals surface area contributed by atoms with Crippen molar-refractivity contribution in [1.29, 1.82) is 0 Å². The maximum atomic E-state index is 14.4. The van der Waals surface area contributed by atoms with Crippen LogP contribution in [0.2, 0.25) is 0 Å². The second kappa shape index (κ2) is 13.9. The van der Waals surface area contributed by atoms with E-state index >= 15 is 0 Å². The van der Waals surface area contributed by atoms with Crippen LogP contribution in [0, 0.1) is 11.3 Å². The van der Waals surface area contributed by atoms with E-state index in [0.717, 1.165) is 36.2 Å². The molecule has 0 N–H and O–H groups in total. The second-order valence-electron chi connectivity index (χ2n) is 12.4. The van der Waals surface area contributed by atoms with Gasteiger partial charge >= 0.3 is 12.1 Å². The molecule has 2 aliphatic rings. The van der Waals surface area contributed by atoms with Crippen molar-refractivity contribution in [2.45, 2.75) is 97.4 Å². The Morgan fingerprint density at radius 2 is 1.82 bits per heavy atom. The van der Waals surface area contributed by atoms with Crippen molar-refractivity contribution in [3.8, 4) is 5.88 Å². The van der Waals surface area contributed by atoms with E-state index in [1.54, 1.807) is 11.8 Å². The molecule has 4 rings (SSSR count). The van der Waals surface area contributed by atoms with Crippen molar-refractivity contribution in [2.75, 3.05) is 20.3 Å². The fourth-order valence-electron chi connectivity index (χ4n) is 6.50. The number of carbonyl (C=O) groups excluding carboxylic acids is 2. The average molecular weight is 621 g/mol. The van der Waals surface area contributed by atoms with E-state index in [1.165, 1.54) is 7.11 Å². The number of pyridine rings is 1. The molecular weight excluding hydrogens is 577 g/mol. The van der Waals surface area contributed by atoms with Crippen LogP contribution in [0.25, 0.3) is 0 Å². The van der Waals surface area contributed by atoms with Crippen molar-refractivity contribution in [3.05, 3.63) is 58.8 Å². The van der Waals surface area contributed by atoms with E-state index in [9.17, 15) is 22.8 Å². The normalized spacial score (nSPS) is 24.3. The Labute approximate surface area is 257 Å². The van der Waals surface area contributed by atoms with Gasteiger partial charge in [0.2, 0.25) is 5.88 Å². The molecule has 0 saturated carbocycles. The first-order valence-corrected chi connectivity index (χ1v) is 15.2. The minimum Gasteiger partial charge on any atom is -0.481 e. The number of esters is 1. The monoisotopic (exact) mass is 620 g/mol. The molecule has 2 saturated heterocycles. The van der Waals surface area contributed by atoms with Crippen LogP contribution in [0.3, 0.4) is 0 Å². The lowest BCUT2D eigenvalue weighted by Gasteiger charge is -2.36. The molecule has 0 bridgehead atoms. The van der Waals surface area contributed by atoms with Gasteiger partial charge in [0.1, 0.15) is 12.1 Å². The molecule has 3 heterocycles. The summed E-state index contributed by atoms with van der Waals surface area (Å²) >= 11 is 0. The lowest BCUT2D eigenvalue weighted by Crippen LogP contribution is -2.51. The molecule has 2 fully saturated rings. The lowest BCUT2D eigenvalue weighted by atomic mass is 9.73. The van der Waals surface area contributed by atoms with Crippen LogP contribution >= 0.6 is 0 Å². The molecule has 8 nitrogen and oxygen atoms in total. The van der Waals surface area contributed by atoms with Gasteiger partial charge in [0.05, 0.1) is 38.0 Å². The summed E-state index contributed by atoms with van der Waals surface area (Å²) in [6.45, 7) is 9.85. The van der Waals surface area contributed by atoms with Crippen LogP contribution in [-0.2, 0) is 43.0 Å². The standard InChI is InChI=1S/C33H43F3N2O6/c1-7-20-13-9-10-14-23(20)26-28(44-19-21-17-22(33(34,35)36)18-37-29(21)41-6)25(32(3,4)5)27(31(40)42-8-2)38(26)30(39)24-15-11-12-16-43-24/h9-10,13-14,17-18,24-28H,7-8,11-12,15-16,19H2,1-6H3/t24-,25+,26-,27-,28-/m0/s1. The first-order valence-electron chi connectivity index (χ1n) is 15.2. The third-order valence-electron chi connectivity index (χ3n) is 8.47. The summed E-state index contributed by atoms with van der Waals surface area (Å²) in [5, 5.41) is 0. The summed E-state index contributed by atoms with van der Waals surface area (Å²) in [6.07, 6.45) is -2.60. The molecule has 1 aromatic carbocycles. The number of rotatable bonds is 9. The van der Waals surface area contributed by atoms with Gasteiger partial charge in [-0.1, -0.05) is 52.0 Å². The van der Waals surface area contributed by atoms with Gasteiger partial charge in [-0.15, -0.1) is 0 Å². The Morgan fingerprint density at radius 1 is 1.09 bits per heavy atom. The Bertz CT molecular complexity index is 1310. The van der Waals surface area contributed by atoms with Crippen LogP contribution in [0.5, 0.6) is 5.88 Å². The number of benzene rings is 1. The molecule has 0 aliphatic carbocycles. The summed E-state index contributed by atoms with van der Waals surface area (Å²) in [5.74, 6) is -1.47. The zero-order chi connectivity index (χ0) is 32.2. The topological polar surface area (TPSA) is 87.2 Å². The van der Waals surface area contributed by atoms with Gasteiger partial charge in [0.15, 0.2) is 0 Å². The number of aromatic nitrogens is 1. The lowest BCUT2D eigenvalue weighted by molar-refractivity contribution is -0.162. The van der Waals surface area contributed by atoms with Crippen LogP contribution in [-0.4, -0.2) is 60.3 Å². The summed E-state index contributed by atoms with van der Waals surface area (Å²) < 4.78 is 64.3. The smallest absolute Gasteiger partial charge is 0.417 e. The Kier molecular flexibility index (Phi) is 10.6. The summed E-state index contributed by atoms with van der Waals surface area (Å²) in [6, 6.07) is 6.87. The van der Waals surface area contributed by atoms with Gasteiger partial charge in [-0.25, -0.2) is 9.78 Å². The van der Waals surface area contributed by atoms with E-state index in [4.69, 9.17) is 18.9 Å². The van der Waals surface area contributed by atoms with Crippen molar-refractivity contribution >= 4 is 11.9 Å². The van der Waals surface area contributed by atoms with E-state index in [0.29, 0.717) is 19.4 Å². The summed E-state index contributed by atoms with van der Waals surface area (Å²) in [4.78, 5) is 33.7. The molecule has 242 valence electrons. The number of methoxy groups -OCH3 is 1. The fraction of sp³-hybridized carbons (Fsp3) is 0.606. The maximum absolute atomic E-state index is 14.4. The molecule has 5 atom stereocenters. The third kappa shape index (κ3) is 7.04. The van der Waals surface area contributed by atoms with Gasteiger partial charge in [0, 0.05) is 24.3 Å². The molecule has 0 unspecified atom stereocenters. The number of hydrogen-bond donors (Lipinski definition) is 0. The highest BCUT2D eigenvalue weighted by Crippen LogP contribution is 2.51. The SMILES string of the molecule is CCOC(=O)[C@@H]1[C@@H](C(C)(C)C)[C@H](OCc2cc(C(F)(F)F)cnc2OC)[C@H](c2ccccc2CC)N1C(=O)[C@@H]1CCCCO1. The van der Waals surface area contributed by atoms with E-state index in [2.05, 4.69) is 4.98 Å². The molecule has 1 amide bonds. The molecule has 1 aromatic heterocycles. The fourth-order valence-corrected chi connectivity index (χ4v) is 6.50. The highest BCUT2D eigenvalue weighted by atomic mass is 19.4. The van der Waals surface area contributed by atoms with Crippen molar-refractivity contribution in [1.82, 2.24) is 9.88 Å². The predicted molar refractivity (Wildman–Crippen MR) is 157 cm³/mol. The number of hydrogen-bond acceptors (Lipinski definition) is 7. The zero-order valence-electron chi connectivity index (χ0n) is 26.3. The van der Waals surface area contributed by atoms with Gasteiger partial charge in [-0.05, 0) is 55.2 Å². The quantitative estimate of drug-likeness (QED) is 0.304. The van der Waals surface area contributed by atoms with Crippen molar-refractivity contribution in [2.24, 2.45) is 11.3 Å². The Balaban J connectivity index is 1.89. The number of ether oxygens (including phenoxy) is 4. The average Bonchev–Trinajstić information content (AvgIpc) is 3.35. The third-order valence-corrected chi connectivity index (χ3v) is 8.47.